The zero-order valence-corrected chi connectivity index (χ0v) is 14.7. The Morgan fingerprint density at radius 2 is 1.00 bits per heavy atom. The summed E-state index contributed by atoms with van der Waals surface area (Å²) in [7, 11) is 0. The van der Waals surface area contributed by atoms with Crippen molar-refractivity contribution in [2.24, 2.45) is 15.0 Å². The average molecular weight is 350 g/mol. The number of hydrogen-bond acceptors (Lipinski definition) is 3. The third-order valence-electron chi connectivity index (χ3n) is 2.93. The molecule has 26 heavy (non-hydrogen) atoms. The number of hydrogen-bond donors (Lipinski definition) is 0. The summed E-state index contributed by atoms with van der Waals surface area (Å²) in [5.41, 5.74) is 0. The Labute approximate surface area is 159 Å². The van der Waals surface area contributed by atoms with Gasteiger partial charge >= 0.3 is 0 Å². The topological polar surface area (TPSA) is 37.1 Å². The van der Waals surface area contributed by atoms with Crippen molar-refractivity contribution in [3.8, 4) is 0 Å². The Morgan fingerprint density at radius 3 is 1.12 bits per heavy atom. The van der Waals surface area contributed by atoms with Crippen molar-refractivity contribution in [2.45, 2.75) is 26.7 Å². The van der Waals surface area contributed by atoms with Crippen LogP contribution in [0, 0.1) is 0 Å². The van der Waals surface area contributed by atoms with Crippen molar-refractivity contribution in [1.29, 1.82) is 0 Å². The van der Waals surface area contributed by atoms with E-state index in [0.29, 0.717) is 0 Å². The van der Waals surface area contributed by atoms with Gasteiger partial charge in [0.15, 0.2) is 0 Å². The summed E-state index contributed by atoms with van der Waals surface area (Å²) in [6.45, 7) is 1.78. The maximum absolute atomic E-state index is 3.85. The highest BCUT2D eigenvalue weighted by Crippen LogP contribution is 1.93. The van der Waals surface area contributed by atoms with E-state index in [1.165, 1.54) is 0 Å². The fraction of sp³-hybridized carbons (Fsp3) is 0.261. The molecule has 2 aliphatic carbocycles. The Morgan fingerprint density at radius 1 is 0.500 bits per heavy atom. The van der Waals surface area contributed by atoms with Crippen molar-refractivity contribution in [2.75, 3.05) is 13.1 Å². The molecule has 3 heteroatoms. The van der Waals surface area contributed by atoms with Gasteiger partial charge in [0.05, 0.1) is 13.1 Å². The molecule has 138 valence electrons. The van der Waals surface area contributed by atoms with Crippen LogP contribution in [0.3, 0.4) is 0 Å². The van der Waals surface area contributed by atoms with Crippen LogP contribution in [0.1, 0.15) is 26.7 Å². The van der Waals surface area contributed by atoms with Crippen LogP contribution in [0.25, 0.3) is 0 Å². The number of allylic oxidation sites excluding steroid dienone is 11. The van der Waals surface area contributed by atoms with Gasteiger partial charge in [-0.25, -0.2) is 0 Å². The summed E-state index contributed by atoms with van der Waals surface area (Å²) < 4.78 is 0. The number of aliphatic imine (C=N–C) groups is 3. The van der Waals surface area contributed by atoms with E-state index in [2.05, 4.69) is 63.6 Å². The summed E-state index contributed by atoms with van der Waals surface area (Å²) in [5.74, 6) is 0. The maximum atomic E-state index is 3.85. The van der Waals surface area contributed by atoms with Crippen molar-refractivity contribution >= 4 is 18.6 Å². The molecular formula is C23H31N3. The predicted octanol–water partition coefficient (Wildman–Crippen LogP) is 5.87. The molecule has 0 N–H and O–H groups in total. The molecule has 5 aliphatic rings. The van der Waals surface area contributed by atoms with Crippen LogP contribution in [0.4, 0.5) is 0 Å². The first-order chi connectivity index (χ1) is 12.5. The van der Waals surface area contributed by atoms with E-state index in [1.54, 1.807) is 18.6 Å². The lowest BCUT2D eigenvalue weighted by Gasteiger charge is -1.60. The second-order valence-corrected chi connectivity index (χ2v) is 5.02. The first-order valence-electron chi connectivity index (χ1n) is 8.60. The highest BCUT2D eigenvalue weighted by Gasteiger charge is 1.74. The lowest BCUT2D eigenvalue weighted by molar-refractivity contribution is 1.29. The fourth-order valence-corrected chi connectivity index (χ4v) is 1.70. The number of nitrogens with zero attached hydrogens (tertiary/aromatic N) is 3. The highest BCUT2D eigenvalue weighted by molar-refractivity contribution is 5.73. The smallest absolute Gasteiger partial charge is 0.0573 e. The molecule has 5 rings (SSSR count). The molecule has 0 fully saturated rings. The van der Waals surface area contributed by atoms with Crippen LogP contribution < -0.4 is 0 Å². The van der Waals surface area contributed by atoms with Gasteiger partial charge in [0, 0.05) is 31.3 Å². The summed E-state index contributed by atoms with van der Waals surface area (Å²) in [4.78, 5) is 11.5. The maximum Gasteiger partial charge on any atom is 0.0573 e. The summed E-state index contributed by atoms with van der Waals surface area (Å²) in [6.07, 6.45) is 37.2. The van der Waals surface area contributed by atoms with E-state index in [4.69, 9.17) is 0 Å². The van der Waals surface area contributed by atoms with Gasteiger partial charge < -0.3 is 0 Å². The first kappa shape index (κ1) is 23.2. The molecule has 0 radical (unpaired) electrons. The van der Waals surface area contributed by atoms with Gasteiger partial charge in [-0.2, -0.15) is 0 Å². The molecule has 0 amide bonds. The Balaban J connectivity index is 0.000000298. The van der Waals surface area contributed by atoms with E-state index in [-0.39, 0.29) is 7.43 Å². The molecule has 0 atom stereocenters. The Kier molecular flexibility index (Phi) is 18.0. The molecule has 0 aromatic rings. The van der Waals surface area contributed by atoms with Crippen molar-refractivity contribution in [1.82, 2.24) is 0 Å². The molecule has 0 aromatic carbocycles. The van der Waals surface area contributed by atoms with Crippen molar-refractivity contribution in [3.63, 3.8) is 0 Å². The van der Waals surface area contributed by atoms with Gasteiger partial charge in [-0.05, 0) is 25.0 Å². The van der Waals surface area contributed by atoms with E-state index in [0.717, 1.165) is 32.4 Å². The lowest BCUT2D eigenvalue weighted by Crippen LogP contribution is -1.54. The third-order valence-corrected chi connectivity index (χ3v) is 2.93. The fourth-order valence-electron chi connectivity index (χ4n) is 1.70. The second-order valence-electron chi connectivity index (χ2n) is 5.02. The van der Waals surface area contributed by atoms with Gasteiger partial charge in [-0.3, -0.25) is 15.0 Å². The Bertz CT molecular complexity index is 432. The Hall–Kier alpha value is -2.81. The normalized spacial score (nSPS) is 16.9. The summed E-state index contributed by atoms with van der Waals surface area (Å²) in [6, 6.07) is 0. The minimum absolute atomic E-state index is 0. The molecule has 3 heterocycles. The van der Waals surface area contributed by atoms with E-state index in [1.807, 2.05) is 36.6 Å². The van der Waals surface area contributed by atoms with Gasteiger partial charge in [-0.1, -0.05) is 74.3 Å². The molecular weight excluding hydrogens is 318 g/mol. The first-order valence-corrected chi connectivity index (χ1v) is 8.60. The monoisotopic (exact) mass is 349 g/mol. The summed E-state index contributed by atoms with van der Waals surface area (Å²) >= 11 is 0. The van der Waals surface area contributed by atoms with Crippen LogP contribution in [0.5, 0.6) is 0 Å². The average Bonchev–Trinajstić information content (AvgIpc) is 3.55. The van der Waals surface area contributed by atoms with Crippen LogP contribution in [0.15, 0.2) is 100 Å². The van der Waals surface area contributed by atoms with Gasteiger partial charge in [-0.15, -0.1) is 0 Å². The number of rotatable bonds is 0. The van der Waals surface area contributed by atoms with Crippen LogP contribution in [0.2, 0.25) is 0 Å². The van der Waals surface area contributed by atoms with Crippen LogP contribution >= 0.6 is 0 Å². The lowest BCUT2D eigenvalue weighted by atomic mass is 10.5. The molecule has 3 nitrogen and oxygen atoms in total. The zero-order valence-electron chi connectivity index (χ0n) is 14.7. The van der Waals surface area contributed by atoms with Gasteiger partial charge in [0.25, 0.3) is 0 Å². The van der Waals surface area contributed by atoms with Crippen molar-refractivity contribution < 1.29 is 0 Å². The van der Waals surface area contributed by atoms with Crippen LogP contribution in [-0.2, 0) is 0 Å². The van der Waals surface area contributed by atoms with E-state index >= 15 is 0 Å². The second kappa shape index (κ2) is 20.2. The van der Waals surface area contributed by atoms with E-state index in [9.17, 15) is 0 Å². The minimum Gasteiger partial charge on any atom is -0.289 e. The van der Waals surface area contributed by atoms with Gasteiger partial charge in [0.1, 0.15) is 0 Å². The van der Waals surface area contributed by atoms with E-state index < -0.39 is 0 Å². The molecule has 0 unspecified atom stereocenters. The largest absolute Gasteiger partial charge is 0.289 e. The highest BCUT2D eigenvalue weighted by atomic mass is 14.7. The van der Waals surface area contributed by atoms with Gasteiger partial charge in [0.2, 0.25) is 0 Å². The molecule has 0 saturated heterocycles. The minimum atomic E-state index is 0. The predicted molar refractivity (Wildman–Crippen MR) is 120 cm³/mol. The molecule has 3 aliphatic heterocycles. The third kappa shape index (κ3) is 17.5. The standard InChI is InChI=1S/2C5H6.3C4H5N.CH4/c5*1-2-4-5-3-1;/h2*1-4H,5H2;1,3-4H,2H2;2*1-3H,4H2;1H4. The molecule has 0 bridgehead atoms. The van der Waals surface area contributed by atoms with Crippen LogP contribution in [-0.4, -0.2) is 31.7 Å². The zero-order chi connectivity index (χ0) is 17.7. The molecule has 0 aromatic heterocycles. The SMILES string of the molecule is C.C1=CCC=C1.C1=CCC=C1.C1=CCN=C1.C1=CCN=C1.C1=CN=CC1. The molecule has 0 saturated carbocycles. The molecule has 0 spiro atoms. The summed E-state index contributed by atoms with van der Waals surface area (Å²) in [5, 5.41) is 0. The quantitative estimate of drug-likeness (QED) is 0.524. The van der Waals surface area contributed by atoms with Crippen molar-refractivity contribution in [3.05, 3.63) is 85.2 Å².